The van der Waals surface area contributed by atoms with Gasteiger partial charge in [-0.15, -0.1) is 16.2 Å². The maximum absolute atomic E-state index is 12.4. The molecule has 2 heterocycles. The Bertz CT molecular complexity index is 541. The number of hydrazine groups is 1. The zero-order chi connectivity index (χ0) is 14.6. The number of rotatable bonds is 6. The molecule has 0 amide bonds. The maximum Gasteiger partial charge on any atom is 0.255 e. The second kappa shape index (κ2) is 7.30. The first-order valence-corrected chi connectivity index (χ1v) is 9.46. The normalized spacial score (nSPS) is 17.5. The molecule has 0 bridgehead atoms. The van der Waals surface area contributed by atoms with E-state index in [-0.39, 0.29) is 0 Å². The van der Waals surface area contributed by atoms with Gasteiger partial charge in [0.2, 0.25) is 0 Å². The van der Waals surface area contributed by atoms with Crippen LogP contribution in [0.4, 0.5) is 0 Å². The van der Waals surface area contributed by atoms with Gasteiger partial charge in [-0.2, -0.15) is 0 Å². The van der Waals surface area contributed by atoms with Crippen molar-refractivity contribution in [2.24, 2.45) is 0 Å². The number of nitrogens with zero attached hydrogens (tertiary/aromatic N) is 1. The van der Waals surface area contributed by atoms with E-state index < -0.39 is 10.0 Å². The van der Waals surface area contributed by atoms with Crippen molar-refractivity contribution in [1.29, 1.82) is 0 Å². The maximum atomic E-state index is 12.4. The Balaban J connectivity index is 2.09. The molecule has 0 atom stereocenters. The number of hydrogen-bond donors (Lipinski definition) is 2. The Morgan fingerprint density at radius 3 is 2.80 bits per heavy atom. The average molecular weight is 384 g/mol. The van der Waals surface area contributed by atoms with E-state index in [0.29, 0.717) is 41.5 Å². The Morgan fingerprint density at radius 1 is 1.45 bits per heavy atom. The van der Waals surface area contributed by atoms with E-state index in [4.69, 9.17) is 4.74 Å². The van der Waals surface area contributed by atoms with Gasteiger partial charge in [0, 0.05) is 24.5 Å². The largest absolute Gasteiger partial charge is 0.379 e. The van der Waals surface area contributed by atoms with Gasteiger partial charge in [0.25, 0.3) is 10.0 Å². The average Bonchev–Trinajstić information content (AvgIpc) is 2.79. The molecular weight excluding hydrogens is 366 g/mol. The molecule has 1 aromatic heterocycles. The standard InChI is InChI=1S/C11H18BrN3O3S2/c1-2-13-8-9-7-10(11(12)19-9)20(16,17)14-15-3-5-18-6-4-15/h7,13-14H,2-6,8H2,1H3. The Morgan fingerprint density at radius 2 is 2.15 bits per heavy atom. The summed E-state index contributed by atoms with van der Waals surface area (Å²) in [5, 5.41) is 4.86. The molecule has 0 spiro atoms. The molecule has 0 radical (unpaired) electrons. The summed E-state index contributed by atoms with van der Waals surface area (Å²) >= 11 is 4.77. The lowest BCUT2D eigenvalue weighted by Crippen LogP contribution is -2.48. The summed E-state index contributed by atoms with van der Waals surface area (Å²) < 4.78 is 30.6. The van der Waals surface area contributed by atoms with Crippen LogP contribution < -0.4 is 10.1 Å². The fraction of sp³-hybridized carbons (Fsp3) is 0.636. The second-order valence-corrected chi connectivity index (χ2v) is 8.41. The lowest BCUT2D eigenvalue weighted by molar-refractivity contribution is 0.0272. The molecule has 114 valence electrons. The fourth-order valence-corrected chi connectivity index (χ4v) is 5.57. The number of nitrogens with one attached hydrogen (secondary N) is 2. The van der Waals surface area contributed by atoms with E-state index >= 15 is 0 Å². The minimum atomic E-state index is -3.54. The smallest absolute Gasteiger partial charge is 0.255 e. The van der Waals surface area contributed by atoms with E-state index in [9.17, 15) is 8.42 Å². The summed E-state index contributed by atoms with van der Waals surface area (Å²) in [4.78, 5) is 3.88. The summed E-state index contributed by atoms with van der Waals surface area (Å²) in [6, 6.07) is 1.71. The molecule has 2 N–H and O–H groups in total. The van der Waals surface area contributed by atoms with Crippen LogP contribution in [0.2, 0.25) is 0 Å². The van der Waals surface area contributed by atoms with Crippen molar-refractivity contribution < 1.29 is 13.2 Å². The summed E-state index contributed by atoms with van der Waals surface area (Å²) in [6.45, 7) is 5.74. The van der Waals surface area contributed by atoms with Crippen molar-refractivity contribution in [3.8, 4) is 0 Å². The molecule has 0 unspecified atom stereocenters. The molecule has 6 nitrogen and oxygen atoms in total. The zero-order valence-electron chi connectivity index (χ0n) is 11.2. The molecule has 1 aliphatic heterocycles. The molecule has 0 aromatic carbocycles. The first kappa shape index (κ1) is 16.3. The number of ether oxygens (including phenoxy) is 1. The van der Waals surface area contributed by atoms with Gasteiger partial charge in [-0.3, -0.25) is 0 Å². The van der Waals surface area contributed by atoms with Gasteiger partial charge in [-0.1, -0.05) is 6.92 Å². The predicted octanol–water partition coefficient (Wildman–Crippen LogP) is 1.15. The van der Waals surface area contributed by atoms with E-state index in [1.165, 1.54) is 11.3 Å². The monoisotopic (exact) mass is 383 g/mol. The van der Waals surface area contributed by atoms with Crippen LogP contribution in [0.3, 0.4) is 0 Å². The molecule has 1 fully saturated rings. The summed E-state index contributed by atoms with van der Waals surface area (Å²) in [5.41, 5.74) is 0. The molecule has 0 aliphatic carbocycles. The van der Waals surface area contributed by atoms with Gasteiger partial charge in [0.15, 0.2) is 0 Å². The van der Waals surface area contributed by atoms with Crippen LogP contribution in [0, 0.1) is 0 Å². The number of thiophene rings is 1. The van der Waals surface area contributed by atoms with Gasteiger partial charge in [-0.05, 0) is 28.5 Å². The van der Waals surface area contributed by atoms with E-state index in [1.807, 2.05) is 6.92 Å². The highest BCUT2D eigenvalue weighted by atomic mass is 79.9. The van der Waals surface area contributed by atoms with Crippen LogP contribution in [-0.4, -0.2) is 46.3 Å². The van der Waals surface area contributed by atoms with Crippen LogP contribution >= 0.6 is 27.3 Å². The summed E-state index contributed by atoms with van der Waals surface area (Å²) in [5.74, 6) is 0. The third-order valence-electron chi connectivity index (χ3n) is 2.81. The first-order valence-electron chi connectivity index (χ1n) is 6.37. The van der Waals surface area contributed by atoms with Crippen molar-refractivity contribution in [3.05, 3.63) is 14.7 Å². The summed E-state index contributed by atoms with van der Waals surface area (Å²) in [7, 11) is -3.54. The SMILES string of the molecule is CCNCc1cc(S(=O)(=O)NN2CCOCC2)c(Br)s1. The minimum Gasteiger partial charge on any atom is -0.379 e. The zero-order valence-corrected chi connectivity index (χ0v) is 14.4. The molecule has 9 heteroatoms. The van der Waals surface area contributed by atoms with Gasteiger partial charge >= 0.3 is 0 Å². The van der Waals surface area contributed by atoms with Crippen molar-refractivity contribution >= 4 is 37.3 Å². The van der Waals surface area contributed by atoms with E-state index in [2.05, 4.69) is 26.1 Å². The number of hydrogen-bond acceptors (Lipinski definition) is 6. The minimum absolute atomic E-state index is 0.293. The van der Waals surface area contributed by atoms with Crippen LogP contribution in [0.5, 0.6) is 0 Å². The quantitative estimate of drug-likeness (QED) is 0.770. The Labute approximate surface area is 131 Å². The van der Waals surface area contributed by atoms with Crippen molar-refractivity contribution in [3.63, 3.8) is 0 Å². The molecule has 2 rings (SSSR count). The first-order chi connectivity index (χ1) is 9.53. The lowest BCUT2D eigenvalue weighted by atomic mass is 10.4. The van der Waals surface area contributed by atoms with Crippen LogP contribution in [-0.2, 0) is 21.3 Å². The highest BCUT2D eigenvalue weighted by molar-refractivity contribution is 9.11. The van der Waals surface area contributed by atoms with Gasteiger partial charge in [0.1, 0.15) is 4.90 Å². The predicted molar refractivity (Wildman–Crippen MR) is 82.1 cm³/mol. The fourth-order valence-electron chi connectivity index (χ4n) is 1.79. The third-order valence-corrected chi connectivity index (χ3v) is 6.43. The topological polar surface area (TPSA) is 70.7 Å². The number of sulfonamides is 1. The Hall–Kier alpha value is -0.0300. The highest BCUT2D eigenvalue weighted by Crippen LogP contribution is 2.31. The number of halogens is 1. The van der Waals surface area contributed by atoms with Crippen molar-refractivity contribution in [1.82, 2.24) is 15.2 Å². The second-order valence-electron chi connectivity index (χ2n) is 4.33. The van der Waals surface area contributed by atoms with Crippen LogP contribution in [0.15, 0.2) is 14.7 Å². The molecular formula is C11H18BrN3O3S2. The van der Waals surface area contributed by atoms with Gasteiger partial charge < -0.3 is 10.1 Å². The molecule has 1 aliphatic rings. The molecule has 0 saturated carbocycles. The van der Waals surface area contributed by atoms with Gasteiger partial charge in [0.05, 0.1) is 17.0 Å². The highest BCUT2D eigenvalue weighted by Gasteiger charge is 2.24. The van der Waals surface area contributed by atoms with Crippen molar-refractivity contribution in [2.75, 3.05) is 32.8 Å². The molecule has 20 heavy (non-hydrogen) atoms. The summed E-state index contributed by atoms with van der Waals surface area (Å²) in [6.07, 6.45) is 0. The molecule has 1 saturated heterocycles. The van der Waals surface area contributed by atoms with Crippen molar-refractivity contribution in [2.45, 2.75) is 18.4 Å². The Kier molecular flexibility index (Phi) is 5.96. The van der Waals surface area contributed by atoms with Gasteiger partial charge in [-0.25, -0.2) is 13.4 Å². The third kappa shape index (κ3) is 4.23. The lowest BCUT2D eigenvalue weighted by Gasteiger charge is -2.26. The molecule has 1 aromatic rings. The number of morpholine rings is 1. The van der Waals surface area contributed by atoms with Crippen LogP contribution in [0.25, 0.3) is 0 Å². The van der Waals surface area contributed by atoms with E-state index in [1.54, 1.807) is 11.1 Å². The van der Waals surface area contributed by atoms with E-state index in [0.717, 1.165) is 11.4 Å². The van der Waals surface area contributed by atoms with Crippen LogP contribution in [0.1, 0.15) is 11.8 Å².